The van der Waals surface area contributed by atoms with Gasteiger partial charge in [-0.2, -0.15) is 5.10 Å². The number of rotatable bonds is 6. The number of carbonyl (C=O) groups is 2. The number of aliphatic carboxylic acids is 1. The molecule has 4 rings (SSSR count). The number of benzene rings is 2. The van der Waals surface area contributed by atoms with Crippen LogP contribution in [0.15, 0.2) is 48.5 Å². The first-order chi connectivity index (χ1) is 16.7. The maximum atomic E-state index is 13.3. The maximum absolute atomic E-state index is 13.3. The van der Waals surface area contributed by atoms with Crippen LogP contribution < -0.4 is 14.4 Å². The van der Waals surface area contributed by atoms with E-state index in [4.69, 9.17) is 14.6 Å². The molecule has 0 saturated carbocycles. The molecule has 1 N–H and O–H groups in total. The second-order valence-corrected chi connectivity index (χ2v) is 10.3. The van der Waals surface area contributed by atoms with E-state index >= 15 is 0 Å². The van der Waals surface area contributed by atoms with Crippen LogP contribution >= 0.6 is 11.8 Å². The number of nitrogens with zero attached hydrogens (tertiary/aromatic N) is 3. The smallest absolute Gasteiger partial charge is 0.323 e. The number of anilines is 1. The summed E-state index contributed by atoms with van der Waals surface area (Å²) in [5.41, 5.74) is 2.65. The Labute approximate surface area is 208 Å². The Morgan fingerprint density at radius 1 is 1.14 bits per heavy atom. The molecule has 9 heteroatoms. The van der Waals surface area contributed by atoms with Crippen molar-refractivity contribution in [1.29, 1.82) is 0 Å². The molecular weight excluding hydrogens is 466 g/mol. The first kappa shape index (κ1) is 24.7. The number of fused-ring (bicyclic) bond motifs is 1. The topological polar surface area (TPSA) is 93.9 Å². The third kappa shape index (κ3) is 4.73. The summed E-state index contributed by atoms with van der Waals surface area (Å²) in [5, 5.41) is 14.3. The van der Waals surface area contributed by atoms with Crippen LogP contribution in [0.1, 0.15) is 37.1 Å². The summed E-state index contributed by atoms with van der Waals surface area (Å²) < 4.78 is 13.0. The van der Waals surface area contributed by atoms with Crippen LogP contribution in [0.3, 0.4) is 0 Å². The number of carboxylic acids is 1. The van der Waals surface area contributed by atoms with E-state index in [2.05, 4.69) is 0 Å². The third-order valence-corrected chi connectivity index (χ3v) is 7.02. The van der Waals surface area contributed by atoms with Gasteiger partial charge in [0.25, 0.3) is 0 Å². The van der Waals surface area contributed by atoms with E-state index < -0.39 is 18.1 Å². The number of ether oxygens (including phenoxy) is 2. The highest BCUT2D eigenvalue weighted by molar-refractivity contribution is 8.00. The fourth-order valence-corrected chi connectivity index (χ4v) is 5.43. The molecule has 184 valence electrons. The van der Waals surface area contributed by atoms with Crippen molar-refractivity contribution in [1.82, 2.24) is 9.78 Å². The molecule has 0 saturated heterocycles. The molecule has 1 atom stereocenters. The van der Waals surface area contributed by atoms with Crippen molar-refractivity contribution in [2.45, 2.75) is 31.6 Å². The number of amides is 1. The highest BCUT2D eigenvalue weighted by Crippen LogP contribution is 2.51. The number of carboxylic acid groups (broad SMARTS) is 1. The van der Waals surface area contributed by atoms with Crippen LogP contribution in [-0.2, 0) is 15.1 Å². The molecule has 2 heterocycles. The van der Waals surface area contributed by atoms with Crippen molar-refractivity contribution < 1.29 is 24.2 Å². The molecule has 0 aliphatic carbocycles. The van der Waals surface area contributed by atoms with Gasteiger partial charge in [-0.05, 0) is 39.0 Å². The Bertz CT molecular complexity index is 1250. The largest absolute Gasteiger partial charge is 0.497 e. The SMILES string of the molecule is COc1ccc(OC)c(C2SCC(=O)N(CC(=O)O)c3c2c(-c2ccccc2)nn3C(C)(C)C)c1. The third-order valence-electron chi connectivity index (χ3n) is 5.78. The summed E-state index contributed by atoms with van der Waals surface area (Å²) in [6.07, 6.45) is 0. The Kier molecular flexibility index (Phi) is 6.80. The number of thioether (sulfide) groups is 1. The molecule has 1 aliphatic rings. The molecule has 1 unspecified atom stereocenters. The van der Waals surface area contributed by atoms with E-state index in [9.17, 15) is 14.7 Å². The van der Waals surface area contributed by atoms with Crippen LogP contribution in [-0.4, -0.2) is 53.3 Å². The Morgan fingerprint density at radius 3 is 2.46 bits per heavy atom. The fourth-order valence-electron chi connectivity index (χ4n) is 4.22. The average molecular weight is 496 g/mol. The number of carbonyl (C=O) groups excluding carboxylic acids is 1. The van der Waals surface area contributed by atoms with E-state index in [1.165, 1.54) is 16.7 Å². The van der Waals surface area contributed by atoms with Gasteiger partial charge in [-0.15, -0.1) is 11.8 Å². The average Bonchev–Trinajstić information content (AvgIpc) is 3.17. The van der Waals surface area contributed by atoms with Gasteiger partial charge in [0.1, 0.15) is 23.9 Å². The van der Waals surface area contributed by atoms with E-state index in [0.717, 1.165) is 16.7 Å². The van der Waals surface area contributed by atoms with Crippen molar-refractivity contribution in [2.75, 3.05) is 31.4 Å². The van der Waals surface area contributed by atoms with Gasteiger partial charge >= 0.3 is 5.97 Å². The molecule has 35 heavy (non-hydrogen) atoms. The lowest BCUT2D eigenvalue weighted by Gasteiger charge is -2.28. The Hall–Kier alpha value is -3.46. The lowest BCUT2D eigenvalue weighted by Crippen LogP contribution is -2.40. The molecule has 1 aromatic heterocycles. The van der Waals surface area contributed by atoms with Crippen molar-refractivity contribution in [3.63, 3.8) is 0 Å². The summed E-state index contributed by atoms with van der Waals surface area (Å²) in [5.74, 6) is 0.526. The lowest BCUT2D eigenvalue weighted by molar-refractivity contribution is -0.136. The van der Waals surface area contributed by atoms with Gasteiger partial charge in [-0.1, -0.05) is 30.3 Å². The second-order valence-electron chi connectivity index (χ2n) is 9.21. The molecule has 1 amide bonds. The van der Waals surface area contributed by atoms with Gasteiger partial charge in [0, 0.05) is 16.7 Å². The van der Waals surface area contributed by atoms with Gasteiger partial charge in [0.15, 0.2) is 0 Å². The predicted octanol–water partition coefficient (Wildman–Crippen LogP) is 4.58. The molecular formula is C26H29N3O5S. The molecule has 2 aromatic carbocycles. The van der Waals surface area contributed by atoms with Crippen LogP contribution in [0.25, 0.3) is 11.3 Å². The minimum Gasteiger partial charge on any atom is -0.497 e. The zero-order valence-corrected chi connectivity index (χ0v) is 21.3. The fraction of sp³-hybridized carbons (Fsp3) is 0.346. The number of aromatic nitrogens is 2. The molecule has 0 radical (unpaired) electrons. The minimum atomic E-state index is -1.09. The molecule has 0 fully saturated rings. The zero-order valence-electron chi connectivity index (χ0n) is 20.4. The van der Waals surface area contributed by atoms with Gasteiger partial charge in [0.2, 0.25) is 5.91 Å². The lowest BCUT2D eigenvalue weighted by atomic mass is 9.98. The first-order valence-electron chi connectivity index (χ1n) is 11.2. The zero-order chi connectivity index (χ0) is 25.3. The summed E-state index contributed by atoms with van der Waals surface area (Å²) in [6.45, 7) is 5.50. The minimum absolute atomic E-state index is 0.103. The van der Waals surface area contributed by atoms with Crippen LogP contribution in [0.2, 0.25) is 0 Å². The van der Waals surface area contributed by atoms with E-state index in [-0.39, 0.29) is 16.9 Å². The molecule has 3 aromatic rings. The van der Waals surface area contributed by atoms with Crippen molar-refractivity contribution in [3.8, 4) is 22.8 Å². The van der Waals surface area contributed by atoms with E-state index in [1.54, 1.807) is 18.9 Å². The summed E-state index contributed by atoms with van der Waals surface area (Å²) in [4.78, 5) is 26.5. The van der Waals surface area contributed by atoms with Gasteiger partial charge in [-0.25, -0.2) is 4.68 Å². The Morgan fingerprint density at radius 2 is 1.86 bits per heavy atom. The van der Waals surface area contributed by atoms with E-state index in [0.29, 0.717) is 23.0 Å². The normalized spacial score (nSPS) is 16.0. The summed E-state index contributed by atoms with van der Waals surface area (Å²) in [7, 11) is 3.20. The van der Waals surface area contributed by atoms with Crippen LogP contribution in [0, 0.1) is 0 Å². The van der Waals surface area contributed by atoms with E-state index in [1.807, 2.05) is 69.3 Å². The standard InChI is InChI=1S/C26H29N3O5S/c1-26(2,3)29-25-22(23(27-29)16-9-7-6-8-10-16)24(35-15-20(30)28(25)14-21(31)32)18-13-17(33-4)11-12-19(18)34-5/h6-13,24H,14-15H2,1-5H3,(H,31,32). The molecule has 0 spiro atoms. The second kappa shape index (κ2) is 9.65. The predicted molar refractivity (Wildman–Crippen MR) is 136 cm³/mol. The molecule has 8 nitrogen and oxygen atoms in total. The summed E-state index contributed by atoms with van der Waals surface area (Å²) >= 11 is 1.43. The van der Waals surface area contributed by atoms with Crippen molar-refractivity contribution in [2.24, 2.45) is 0 Å². The van der Waals surface area contributed by atoms with Crippen molar-refractivity contribution in [3.05, 3.63) is 59.7 Å². The number of hydrogen-bond donors (Lipinski definition) is 1. The first-order valence-corrected chi connectivity index (χ1v) is 12.2. The summed E-state index contributed by atoms with van der Waals surface area (Å²) in [6, 6.07) is 15.3. The van der Waals surface area contributed by atoms with Gasteiger partial charge in [0.05, 0.1) is 36.5 Å². The van der Waals surface area contributed by atoms with Crippen molar-refractivity contribution >= 4 is 29.5 Å². The quantitative estimate of drug-likeness (QED) is 0.535. The highest BCUT2D eigenvalue weighted by atomic mass is 32.2. The van der Waals surface area contributed by atoms with Gasteiger partial charge in [-0.3, -0.25) is 14.5 Å². The van der Waals surface area contributed by atoms with Crippen LogP contribution in [0.5, 0.6) is 11.5 Å². The Balaban J connectivity index is 2.10. The van der Waals surface area contributed by atoms with Crippen LogP contribution in [0.4, 0.5) is 5.82 Å². The molecule has 0 bridgehead atoms. The maximum Gasteiger partial charge on any atom is 0.323 e. The highest BCUT2D eigenvalue weighted by Gasteiger charge is 2.40. The molecule has 1 aliphatic heterocycles. The van der Waals surface area contributed by atoms with Gasteiger partial charge < -0.3 is 14.6 Å². The number of hydrogen-bond acceptors (Lipinski definition) is 6. The monoisotopic (exact) mass is 495 g/mol. The number of methoxy groups -OCH3 is 2.